The molecule has 0 saturated carbocycles. The lowest BCUT2D eigenvalue weighted by Crippen LogP contribution is -1.87. The van der Waals surface area contributed by atoms with E-state index in [9.17, 15) is 0 Å². The highest BCUT2D eigenvalue weighted by molar-refractivity contribution is 5.88. The second kappa shape index (κ2) is 5.22. The molecule has 18 heavy (non-hydrogen) atoms. The molecule has 0 saturated heterocycles. The Morgan fingerprint density at radius 2 is 0.889 bits per heavy atom. The van der Waals surface area contributed by atoms with Crippen molar-refractivity contribution in [2.75, 3.05) is 0 Å². The molecule has 0 nitrogen and oxygen atoms in total. The Morgan fingerprint density at radius 3 is 1.17 bits per heavy atom. The van der Waals surface area contributed by atoms with Crippen LogP contribution in [0.15, 0.2) is 48.5 Å². The van der Waals surface area contributed by atoms with Gasteiger partial charge in [0.1, 0.15) is 0 Å². The van der Waals surface area contributed by atoms with Gasteiger partial charge in [0, 0.05) is 0 Å². The van der Waals surface area contributed by atoms with E-state index in [1.54, 1.807) is 0 Å². The molecule has 2 rings (SSSR count). The lowest BCUT2D eigenvalue weighted by atomic mass is 9.96. The van der Waals surface area contributed by atoms with E-state index in [1.807, 2.05) is 24.3 Å². The Hall–Kier alpha value is -1.82. The molecule has 90 valence electrons. The zero-order valence-corrected chi connectivity index (χ0v) is 11.0. The molecule has 0 heteroatoms. The lowest BCUT2D eigenvalue weighted by molar-refractivity contribution is 1.48. The zero-order chi connectivity index (χ0) is 13.1. The van der Waals surface area contributed by atoms with Gasteiger partial charge in [-0.3, -0.25) is 0 Å². The summed E-state index contributed by atoms with van der Waals surface area (Å²) >= 11 is 0. The minimum Gasteiger partial charge on any atom is -0.0584 e. The second-order valence-electron chi connectivity index (χ2n) is 4.64. The lowest BCUT2D eigenvalue weighted by Gasteiger charge is -2.09. The zero-order valence-electron chi connectivity index (χ0n) is 11.0. The maximum absolute atomic E-state index is 3.91. The molecule has 0 bridgehead atoms. The first-order valence-corrected chi connectivity index (χ1v) is 6.10. The fraction of sp³-hybridized carbons (Fsp3) is 0.111. The molecule has 0 aliphatic heterocycles. The third-order valence-corrected chi connectivity index (χ3v) is 3.34. The number of hydrogen-bond donors (Lipinski definition) is 0. The van der Waals surface area contributed by atoms with Crippen LogP contribution in [-0.2, 0) is 0 Å². The monoisotopic (exact) mass is 234 g/mol. The van der Waals surface area contributed by atoms with E-state index in [0.29, 0.717) is 0 Å². The van der Waals surface area contributed by atoms with Gasteiger partial charge in [0.15, 0.2) is 0 Å². The van der Waals surface area contributed by atoms with Crippen LogP contribution < -0.4 is 0 Å². The molecule has 2 aromatic carbocycles. The van der Waals surface area contributed by atoms with Crippen LogP contribution in [0, 0.1) is 13.8 Å². The summed E-state index contributed by atoms with van der Waals surface area (Å²) < 4.78 is 0. The summed E-state index contributed by atoms with van der Waals surface area (Å²) in [6.45, 7) is 12.1. The summed E-state index contributed by atoms with van der Waals surface area (Å²) in [5, 5.41) is 0. The minimum absolute atomic E-state index is 1.05. The smallest absolute Gasteiger partial charge is 0.0224 e. The minimum atomic E-state index is 1.05. The van der Waals surface area contributed by atoms with E-state index in [-0.39, 0.29) is 0 Å². The number of allylic oxidation sites excluding steroid dienone is 2. The highest BCUT2D eigenvalue weighted by Gasteiger charge is 2.03. The Bertz CT molecular complexity index is 500. The van der Waals surface area contributed by atoms with E-state index in [2.05, 4.69) is 52.0 Å². The van der Waals surface area contributed by atoms with Gasteiger partial charge in [-0.1, -0.05) is 48.5 Å². The number of rotatable bonds is 2. The standard InChI is InChI=1S/C18H18/c1-13-5-9-17(10-6-13)15(3)16(4)18-11-7-14(2)8-12-18/h5-12H,1-2H2,3-4H3/b16-15+. The molecule has 0 heterocycles. The van der Waals surface area contributed by atoms with E-state index in [4.69, 9.17) is 0 Å². The first-order chi connectivity index (χ1) is 8.58. The molecule has 2 aromatic rings. The third-order valence-electron chi connectivity index (χ3n) is 3.34. The van der Waals surface area contributed by atoms with Crippen molar-refractivity contribution in [1.82, 2.24) is 0 Å². The summed E-state index contributed by atoms with van der Waals surface area (Å²) in [7, 11) is 0. The van der Waals surface area contributed by atoms with Crippen LogP contribution in [0.4, 0.5) is 0 Å². The molecule has 0 N–H and O–H groups in total. The first-order valence-electron chi connectivity index (χ1n) is 6.10. The molecule has 2 radical (unpaired) electrons. The quantitative estimate of drug-likeness (QED) is 0.641. The average molecular weight is 234 g/mol. The molecule has 0 aliphatic carbocycles. The highest BCUT2D eigenvalue weighted by atomic mass is 14.1. The predicted octanol–water partition coefficient (Wildman–Crippen LogP) is 5.00. The topological polar surface area (TPSA) is 0 Å². The normalized spacial score (nSPS) is 12.2. The van der Waals surface area contributed by atoms with Crippen LogP contribution in [0.2, 0.25) is 0 Å². The van der Waals surface area contributed by atoms with Crippen LogP contribution >= 0.6 is 0 Å². The van der Waals surface area contributed by atoms with Crippen LogP contribution in [-0.4, -0.2) is 0 Å². The van der Waals surface area contributed by atoms with E-state index < -0.39 is 0 Å². The van der Waals surface area contributed by atoms with Crippen molar-refractivity contribution < 1.29 is 0 Å². The fourth-order valence-electron chi connectivity index (χ4n) is 1.94. The Kier molecular flexibility index (Phi) is 3.66. The van der Waals surface area contributed by atoms with Crippen molar-refractivity contribution in [3.05, 3.63) is 84.6 Å². The van der Waals surface area contributed by atoms with E-state index in [1.165, 1.54) is 22.3 Å². The van der Waals surface area contributed by atoms with Crippen LogP contribution in [0.25, 0.3) is 11.1 Å². The van der Waals surface area contributed by atoms with Gasteiger partial charge in [-0.15, -0.1) is 0 Å². The first kappa shape index (κ1) is 12.6. The second-order valence-corrected chi connectivity index (χ2v) is 4.64. The molecule has 0 aliphatic rings. The molecule has 0 unspecified atom stereocenters. The summed E-state index contributed by atoms with van der Waals surface area (Å²) in [6, 6.07) is 16.7. The van der Waals surface area contributed by atoms with Crippen LogP contribution in [0.3, 0.4) is 0 Å². The summed E-state index contributed by atoms with van der Waals surface area (Å²) in [5.41, 5.74) is 7.19. The van der Waals surface area contributed by atoms with Gasteiger partial charge in [0.25, 0.3) is 0 Å². The van der Waals surface area contributed by atoms with Gasteiger partial charge in [-0.05, 0) is 61.1 Å². The van der Waals surface area contributed by atoms with Crippen molar-refractivity contribution in [1.29, 1.82) is 0 Å². The van der Waals surface area contributed by atoms with Crippen LogP contribution in [0.1, 0.15) is 36.1 Å². The van der Waals surface area contributed by atoms with Crippen molar-refractivity contribution in [3.8, 4) is 0 Å². The highest BCUT2D eigenvalue weighted by Crippen LogP contribution is 2.25. The van der Waals surface area contributed by atoms with Gasteiger partial charge in [0.05, 0.1) is 0 Å². The maximum Gasteiger partial charge on any atom is -0.0224 e. The fourth-order valence-corrected chi connectivity index (χ4v) is 1.94. The van der Waals surface area contributed by atoms with Crippen molar-refractivity contribution in [2.24, 2.45) is 0 Å². The van der Waals surface area contributed by atoms with Crippen molar-refractivity contribution in [3.63, 3.8) is 0 Å². The van der Waals surface area contributed by atoms with Gasteiger partial charge in [0.2, 0.25) is 0 Å². The molecule has 0 atom stereocenters. The van der Waals surface area contributed by atoms with Gasteiger partial charge in [-0.2, -0.15) is 0 Å². The van der Waals surface area contributed by atoms with E-state index >= 15 is 0 Å². The molecule has 0 aromatic heterocycles. The van der Waals surface area contributed by atoms with Gasteiger partial charge in [-0.25, -0.2) is 0 Å². The molecule has 0 fully saturated rings. The Morgan fingerprint density at radius 1 is 0.611 bits per heavy atom. The summed E-state index contributed by atoms with van der Waals surface area (Å²) in [4.78, 5) is 0. The van der Waals surface area contributed by atoms with Crippen molar-refractivity contribution >= 4 is 11.1 Å². The molecule has 0 spiro atoms. The Balaban J connectivity index is 2.40. The SMILES string of the molecule is [CH2]c1ccc(/C(C)=C(\C)c2ccc([CH2])cc2)cc1. The predicted molar refractivity (Wildman–Crippen MR) is 80.0 cm³/mol. The maximum atomic E-state index is 3.91. The largest absolute Gasteiger partial charge is 0.0584 e. The van der Waals surface area contributed by atoms with Gasteiger partial charge >= 0.3 is 0 Å². The average Bonchev–Trinajstić information content (AvgIpc) is 2.39. The summed E-state index contributed by atoms with van der Waals surface area (Å²) in [6.07, 6.45) is 0. The number of hydrogen-bond acceptors (Lipinski definition) is 0. The van der Waals surface area contributed by atoms with Crippen molar-refractivity contribution in [2.45, 2.75) is 13.8 Å². The van der Waals surface area contributed by atoms with Crippen LogP contribution in [0.5, 0.6) is 0 Å². The molecular formula is C18H18. The Labute approximate surface area is 110 Å². The summed E-state index contributed by atoms with van der Waals surface area (Å²) in [5.74, 6) is 0. The molecule has 0 amide bonds. The third kappa shape index (κ3) is 2.70. The number of benzene rings is 2. The molecular weight excluding hydrogens is 216 g/mol. The van der Waals surface area contributed by atoms with E-state index in [0.717, 1.165) is 11.1 Å². The van der Waals surface area contributed by atoms with Gasteiger partial charge < -0.3 is 0 Å².